The van der Waals surface area contributed by atoms with Crippen LogP contribution >= 0.6 is 11.3 Å². The lowest BCUT2D eigenvalue weighted by molar-refractivity contribution is 0.0303. The number of amides is 2. The molecular weight excluding hydrogens is 376 g/mol. The third kappa shape index (κ3) is 3.77. The Hall–Kier alpha value is -2.38. The normalized spacial score (nSPS) is 16.4. The second-order valence-corrected chi connectivity index (χ2v) is 8.11. The summed E-state index contributed by atoms with van der Waals surface area (Å²) in [6.45, 7) is 2.31. The van der Waals surface area contributed by atoms with E-state index in [4.69, 9.17) is 9.47 Å². The minimum atomic E-state index is -0.211. The van der Waals surface area contributed by atoms with Gasteiger partial charge in [-0.2, -0.15) is 0 Å². The van der Waals surface area contributed by atoms with Gasteiger partial charge in [0, 0.05) is 23.5 Å². The van der Waals surface area contributed by atoms with Crippen LogP contribution in [0, 0.1) is 0 Å². The standard InChI is InChI=1S/C21H24N2O4S/c1-26-15-8-6-14(7-9-15)19(24)22-20-18(16-4-2-3-5-17(16)28-20)21(25)23-10-12-27-13-11-23/h6-9H,2-5,10-13H2,1H3,(H,22,24). The van der Waals surface area contributed by atoms with E-state index < -0.39 is 0 Å². The summed E-state index contributed by atoms with van der Waals surface area (Å²) in [5.74, 6) is 0.497. The number of anilines is 1. The zero-order valence-electron chi connectivity index (χ0n) is 16.0. The highest BCUT2D eigenvalue weighted by atomic mass is 32.1. The van der Waals surface area contributed by atoms with Crippen LogP contribution in [-0.2, 0) is 17.6 Å². The van der Waals surface area contributed by atoms with Crippen molar-refractivity contribution in [1.82, 2.24) is 4.90 Å². The average molecular weight is 401 g/mol. The molecule has 1 aromatic heterocycles. The molecule has 2 aromatic rings. The molecule has 1 saturated heterocycles. The fourth-order valence-corrected chi connectivity index (χ4v) is 5.00. The number of benzene rings is 1. The maximum atomic E-state index is 13.3. The monoisotopic (exact) mass is 400 g/mol. The summed E-state index contributed by atoms with van der Waals surface area (Å²) in [5.41, 5.74) is 2.35. The minimum absolute atomic E-state index is 0.00716. The van der Waals surface area contributed by atoms with Crippen LogP contribution in [0.2, 0.25) is 0 Å². The number of carbonyl (C=O) groups is 2. The molecule has 2 aliphatic rings. The molecule has 1 aliphatic heterocycles. The second-order valence-electron chi connectivity index (χ2n) is 7.00. The van der Waals surface area contributed by atoms with Crippen LogP contribution in [-0.4, -0.2) is 50.1 Å². The number of hydrogen-bond donors (Lipinski definition) is 1. The van der Waals surface area contributed by atoms with E-state index in [2.05, 4.69) is 5.32 Å². The Kier molecular flexibility index (Phi) is 5.64. The number of hydrogen-bond acceptors (Lipinski definition) is 5. The predicted molar refractivity (Wildman–Crippen MR) is 109 cm³/mol. The Bertz CT molecular complexity index is 869. The van der Waals surface area contributed by atoms with Crippen molar-refractivity contribution in [2.45, 2.75) is 25.7 Å². The molecule has 7 heteroatoms. The lowest BCUT2D eigenvalue weighted by atomic mass is 9.95. The Balaban J connectivity index is 1.62. The number of nitrogens with zero attached hydrogens (tertiary/aromatic N) is 1. The molecule has 0 spiro atoms. The third-order valence-corrected chi connectivity index (χ3v) is 6.47. The number of carbonyl (C=O) groups excluding carboxylic acids is 2. The molecule has 6 nitrogen and oxygen atoms in total. The number of aryl methyl sites for hydroxylation is 1. The second kappa shape index (κ2) is 8.32. The fourth-order valence-electron chi connectivity index (χ4n) is 3.72. The maximum absolute atomic E-state index is 13.3. The van der Waals surface area contributed by atoms with E-state index >= 15 is 0 Å². The van der Waals surface area contributed by atoms with Crippen molar-refractivity contribution in [3.63, 3.8) is 0 Å². The first kappa shape index (κ1) is 19.0. The van der Waals surface area contributed by atoms with Crippen LogP contribution in [0.5, 0.6) is 5.75 Å². The van der Waals surface area contributed by atoms with E-state index in [-0.39, 0.29) is 11.8 Å². The van der Waals surface area contributed by atoms with Gasteiger partial charge < -0.3 is 19.7 Å². The van der Waals surface area contributed by atoms with Gasteiger partial charge in [0.15, 0.2) is 0 Å². The van der Waals surface area contributed by atoms with Crippen LogP contribution in [0.15, 0.2) is 24.3 Å². The highest BCUT2D eigenvalue weighted by Crippen LogP contribution is 2.39. The number of methoxy groups -OCH3 is 1. The molecule has 0 atom stereocenters. The Morgan fingerprint density at radius 1 is 1.11 bits per heavy atom. The van der Waals surface area contributed by atoms with Crippen molar-refractivity contribution in [3.8, 4) is 5.75 Å². The van der Waals surface area contributed by atoms with Crippen molar-refractivity contribution in [2.24, 2.45) is 0 Å². The van der Waals surface area contributed by atoms with E-state index in [1.165, 1.54) is 4.88 Å². The number of ether oxygens (including phenoxy) is 2. The van der Waals surface area contributed by atoms with Crippen molar-refractivity contribution in [2.75, 3.05) is 38.7 Å². The van der Waals surface area contributed by atoms with Crippen LogP contribution in [0.4, 0.5) is 5.00 Å². The van der Waals surface area contributed by atoms with E-state index in [0.29, 0.717) is 48.2 Å². The molecule has 0 unspecified atom stereocenters. The van der Waals surface area contributed by atoms with E-state index in [1.54, 1.807) is 42.7 Å². The third-order valence-electron chi connectivity index (χ3n) is 5.26. The van der Waals surface area contributed by atoms with Gasteiger partial charge in [-0.1, -0.05) is 0 Å². The molecule has 1 aliphatic carbocycles. The fraction of sp³-hybridized carbons (Fsp3) is 0.429. The molecule has 148 valence electrons. The molecular formula is C21H24N2O4S. The van der Waals surface area contributed by atoms with Gasteiger partial charge >= 0.3 is 0 Å². The average Bonchev–Trinajstić information content (AvgIpc) is 3.11. The zero-order chi connectivity index (χ0) is 19.5. The summed E-state index contributed by atoms with van der Waals surface area (Å²) >= 11 is 1.55. The molecule has 1 N–H and O–H groups in total. The van der Waals surface area contributed by atoms with Gasteiger partial charge in [-0.15, -0.1) is 11.3 Å². The number of thiophene rings is 1. The number of rotatable bonds is 4. The van der Waals surface area contributed by atoms with Gasteiger partial charge in [-0.3, -0.25) is 9.59 Å². The van der Waals surface area contributed by atoms with Gasteiger partial charge in [-0.25, -0.2) is 0 Å². The van der Waals surface area contributed by atoms with Gasteiger partial charge in [0.1, 0.15) is 10.8 Å². The Labute approximate surface area is 168 Å². The smallest absolute Gasteiger partial charge is 0.257 e. The van der Waals surface area contributed by atoms with Gasteiger partial charge in [0.05, 0.1) is 25.9 Å². The zero-order valence-corrected chi connectivity index (χ0v) is 16.8. The Morgan fingerprint density at radius 3 is 2.54 bits per heavy atom. The predicted octanol–water partition coefficient (Wildman–Crippen LogP) is 3.36. The van der Waals surface area contributed by atoms with Crippen molar-refractivity contribution in [3.05, 3.63) is 45.8 Å². The molecule has 2 heterocycles. The van der Waals surface area contributed by atoms with E-state index in [0.717, 1.165) is 31.2 Å². The highest BCUT2D eigenvalue weighted by molar-refractivity contribution is 7.17. The molecule has 2 amide bonds. The van der Waals surface area contributed by atoms with Gasteiger partial charge in [-0.05, 0) is 55.5 Å². The van der Waals surface area contributed by atoms with Crippen molar-refractivity contribution in [1.29, 1.82) is 0 Å². The van der Waals surface area contributed by atoms with Gasteiger partial charge in [0.25, 0.3) is 11.8 Å². The topological polar surface area (TPSA) is 67.9 Å². The summed E-state index contributed by atoms with van der Waals surface area (Å²) in [5, 5.41) is 3.67. The van der Waals surface area contributed by atoms with Crippen molar-refractivity contribution >= 4 is 28.2 Å². The van der Waals surface area contributed by atoms with Crippen LogP contribution in [0.3, 0.4) is 0 Å². The first-order valence-corrected chi connectivity index (χ1v) is 10.5. The van der Waals surface area contributed by atoms with E-state index in [9.17, 15) is 9.59 Å². The summed E-state index contributed by atoms with van der Waals surface area (Å²) < 4.78 is 10.5. The quantitative estimate of drug-likeness (QED) is 0.855. The molecule has 28 heavy (non-hydrogen) atoms. The van der Waals surface area contributed by atoms with Crippen LogP contribution in [0.1, 0.15) is 44.0 Å². The molecule has 0 radical (unpaired) electrons. The summed E-state index contributed by atoms with van der Waals surface area (Å²) in [6, 6.07) is 6.97. The molecule has 4 rings (SSSR count). The number of fused-ring (bicyclic) bond motifs is 1. The number of nitrogens with one attached hydrogen (secondary N) is 1. The Morgan fingerprint density at radius 2 is 1.82 bits per heavy atom. The lowest BCUT2D eigenvalue weighted by Crippen LogP contribution is -2.41. The maximum Gasteiger partial charge on any atom is 0.257 e. The summed E-state index contributed by atoms with van der Waals surface area (Å²) in [4.78, 5) is 29.1. The summed E-state index contributed by atoms with van der Waals surface area (Å²) in [7, 11) is 1.59. The minimum Gasteiger partial charge on any atom is -0.497 e. The number of morpholine rings is 1. The first-order valence-electron chi connectivity index (χ1n) is 9.64. The molecule has 1 fully saturated rings. The molecule has 1 aromatic carbocycles. The highest BCUT2D eigenvalue weighted by Gasteiger charge is 2.30. The first-order chi connectivity index (χ1) is 13.7. The van der Waals surface area contributed by atoms with E-state index in [1.807, 2.05) is 4.90 Å². The SMILES string of the molecule is COc1ccc(C(=O)Nc2sc3c(c2C(=O)N2CCOCC2)CCCC3)cc1. The lowest BCUT2D eigenvalue weighted by Gasteiger charge is -2.27. The van der Waals surface area contributed by atoms with Gasteiger partial charge in [0.2, 0.25) is 0 Å². The summed E-state index contributed by atoms with van der Waals surface area (Å²) in [6.07, 6.45) is 4.08. The molecule has 0 saturated carbocycles. The van der Waals surface area contributed by atoms with Crippen LogP contribution < -0.4 is 10.1 Å². The van der Waals surface area contributed by atoms with Crippen LogP contribution in [0.25, 0.3) is 0 Å². The largest absolute Gasteiger partial charge is 0.497 e. The molecule has 0 bridgehead atoms. The van der Waals surface area contributed by atoms with Crippen molar-refractivity contribution < 1.29 is 19.1 Å².